The van der Waals surface area contributed by atoms with E-state index in [1.165, 1.54) is 0 Å². The molecule has 1 unspecified atom stereocenters. The van der Waals surface area contributed by atoms with Gasteiger partial charge >= 0.3 is 0 Å². The van der Waals surface area contributed by atoms with Gasteiger partial charge in [0.05, 0.1) is 5.92 Å². The highest BCUT2D eigenvalue weighted by atomic mass is 35.5. The molecule has 2 nitrogen and oxygen atoms in total. The molecule has 3 heteroatoms. The van der Waals surface area contributed by atoms with Crippen molar-refractivity contribution >= 4 is 27.8 Å². The fourth-order valence-corrected chi connectivity index (χ4v) is 2.71. The van der Waals surface area contributed by atoms with E-state index < -0.39 is 0 Å². The van der Waals surface area contributed by atoms with Crippen molar-refractivity contribution in [1.82, 2.24) is 0 Å². The molecule has 1 aromatic carbocycles. The van der Waals surface area contributed by atoms with Gasteiger partial charge in [-0.2, -0.15) is 0 Å². The average Bonchev–Trinajstić information content (AvgIpc) is 2.53. The summed E-state index contributed by atoms with van der Waals surface area (Å²) in [5.74, 6) is 0.812. The molecule has 2 aromatic rings. The van der Waals surface area contributed by atoms with Gasteiger partial charge in [0.1, 0.15) is 11.3 Å². The Bertz CT molecular complexity index is 596. The van der Waals surface area contributed by atoms with E-state index in [1.54, 1.807) is 0 Å². The van der Waals surface area contributed by atoms with Crippen molar-refractivity contribution in [3.05, 3.63) is 35.1 Å². The number of carbonyl (C=O) groups is 1. The molecule has 1 heterocycles. The number of halogens is 1. The summed E-state index contributed by atoms with van der Waals surface area (Å²) in [6, 6.07) is 5.90. The topological polar surface area (TPSA) is 30.2 Å². The lowest BCUT2D eigenvalue weighted by atomic mass is 9.89. The molecular weight excluding hydrogens is 248 g/mol. The van der Waals surface area contributed by atoms with Crippen LogP contribution in [0, 0.1) is 19.8 Å². The minimum Gasteiger partial charge on any atom is -0.461 e. The molecule has 18 heavy (non-hydrogen) atoms. The molecule has 2 rings (SSSR count). The molecule has 0 amide bonds. The second-order valence-electron chi connectivity index (χ2n) is 5.06. The second kappa shape index (κ2) is 4.77. The first-order valence-electron chi connectivity index (χ1n) is 6.10. The Kier molecular flexibility index (Phi) is 3.49. The summed E-state index contributed by atoms with van der Waals surface area (Å²) in [5, 5.41) is 0.783. The smallest absolute Gasteiger partial charge is 0.229 e. The van der Waals surface area contributed by atoms with E-state index in [-0.39, 0.29) is 17.1 Å². The average molecular weight is 265 g/mol. The first-order valence-corrected chi connectivity index (χ1v) is 6.48. The van der Waals surface area contributed by atoms with Crippen molar-refractivity contribution < 1.29 is 9.21 Å². The highest BCUT2D eigenvalue weighted by molar-refractivity contribution is 6.64. The van der Waals surface area contributed by atoms with Crippen LogP contribution in [0.5, 0.6) is 0 Å². The number of hydrogen-bond donors (Lipinski definition) is 0. The normalized spacial score (nSPS) is 13.2. The molecule has 0 aliphatic carbocycles. The number of furan rings is 1. The van der Waals surface area contributed by atoms with Crippen LogP contribution in [0.4, 0.5) is 0 Å². The van der Waals surface area contributed by atoms with Gasteiger partial charge in [-0.05, 0) is 48.6 Å². The van der Waals surface area contributed by atoms with Crippen LogP contribution in [0.2, 0.25) is 0 Å². The van der Waals surface area contributed by atoms with Gasteiger partial charge in [0, 0.05) is 5.39 Å². The lowest BCUT2D eigenvalue weighted by molar-refractivity contribution is -0.113. The Hall–Kier alpha value is -1.28. The zero-order valence-corrected chi connectivity index (χ0v) is 11.8. The van der Waals surface area contributed by atoms with Crippen LogP contribution < -0.4 is 0 Å². The molecular formula is C15H17ClO2. The van der Waals surface area contributed by atoms with E-state index in [4.69, 9.17) is 16.0 Å². The Morgan fingerprint density at radius 1 is 1.28 bits per heavy atom. The molecule has 96 valence electrons. The zero-order chi connectivity index (χ0) is 13.4. The summed E-state index contributed by atoms with van der Waals surface area (Å²) in [5.41, 5.74) is 2.90. The Morgan fingerprint density at radius 3 is 2.50 bits per heavy atom. The number of benzene rings is 1. The van der Waals surface area contributed by atoms with Gasteiger partial charge in [-0.25, -0.2) is 0 Å². The van der Waals surface area contributed by atoms with E-state index in [2.05, 4.69) is 0 Å². The first-order chi connectivity index (χ1) is 8.41. The van der Waals surface area contributed by atoms with Crippen molar-refractivity contribution in [1.29, 1.82) is 0 Å². The van der Waals surface area contributed by atoms with Gasteiger partial charge in [-0.3, -0.25) is 4.79 Å². The van der Waals surface area contributed by atoms with Crippen molar-refractivity contribution in [3.8, 4) is 0 Å². The molecule has 1 aromatic heterocycles. The molecule has 0 saturated heterocycles. The van der Waals surface area contributed by atoms with Gasteiger partial charge in [-0.1, -0.05) is 26.0 Å². The van der Waals surface area contributed by atoms with Crippen molar-refractivity contribution in [2.24, 2.45) is 5.92 Å². The third kappa shape index (κ3) is 2.17. The van der Waals surface area contributed by atoms with E-state index in [9.17, 15) is 4.79 Å². The summed E-state index contributed by atoms with van der Waals surface area (Å²) in [6.45, 7) is 7.97. The predicted octanol–water partition coefficient (Wildman–Crippen LogP) is 4.55. The minimum absolute atomic E-state index is 0.171. The van der Waals surface area contributed by atoms with E-state index in [1.807, 2.05) is 45.9 Å². The molecule has 0 aliphatic heterocycles. The summed E-state index contributed by atoms with van der Waals surface area (Å²) >= 11 is 5.69. The second-order valence-corrected chi connectivity index (χ2v) is 5.44. The summed E-state index contributed by atoms with van der Waals surface area (Å²) < 4.78 is 5.69. The third-order valence-electron chi connectivity index (χ3n) is 3.47. The molecule has 0 fully saturated rings. The largest absolute Gasteiger partial charge is 0.461 e. The summed E-state index contributed by atoms with van der Waals surface area (Å²) in [7, 11) is 0. The fourth-order valence-electron chi connectivity index (χ4n) is 2.34. The Labute approximate surface area is 112 Å². The van der Waals surface area contributed by atoms with Gasteiger partial charge in [0.15, 0.2) is 0 Å². The van der Waals surface area contributed by atoms with Crippen LogP contribution in [0.25, 0.3) is 11.0 Å². The van der Waals surface area contributed by atoms with E-state index in [0.717, 1.165) is 27.9 Å². The number of rotatable bonds is 3. The third-order valence-corrected chi connectivity index (χ3v) is 3.71. The molecule has 0 spiro atoms. The predicted molar refractivity (Wildman–Crippen MR) is 74.1 cm³/mol. The Morgan fingerprint density at radius 2 is 1.94 bits per heavy atom. The molecule has 0 aliphatic rings. The first kappa shape index (κ1) is 13.2. The van der Waals surface area contributed by atoms with Crippen molar-refractivity contribution in [2.45, 2.75) is 33.6 Å². The number of fused-ring (bicyclic) bond motifs is 1. The lowest BCUT2D eigenvalue weighted by Crippen LogP contribution is -2.13. The number of hydrogen-bond acceptors (Lipinski definition) is 2. The van der Waals surface area contributed by atoms with Crippen LogP contribution in [0.15, 0.2) is 22.6 Å². The molecule has 1 atom stereocenters. The number of aryl methyl sites for hydroxylation is 2. The summed E-state index contributed by atoms with van der Waals surface area (Å²) in [6.07, 6.45) is 0. The van der Waals surface area contributed by atoms with Crippen LogP contribution in [0.3, 0.4) is 0 Å². The standard InChI is InChI=1S/C15H17ClO2/c1-8(2)14(15(16)17)11-5-6-12-9(3)10(4)18-13(12)7-11/h5-8,14H,1-4H3. The van der Waals surface area contributed by atoms with Gasteiger partial charge in [-0.15, -0.1) is 0 Å². The highest BCUT2D eigenvalue weighted by Crippen LogP contribution is 2.32. The lowest BCUT2D eigenvalue weighted by Gasteiger charge is -2.16. The van der Waals surface area contributed by atoms with Crippen molar-refractivity contribution in [3.63, 3.8) is 0 Å². The zero-order valence-electron chi connectivity index (χ0n) is 11.1. The SMILES string of the molecule is Cc1oc2cc(C(C(=O)Cl)C(C)C)ccc2c1C. The van der Waals surface area contributed by atoms with E-state index in [0.29, 0.717) is 0 Å². The maximum atomic E-state index is 11.5. The van der Waals surface area contributed by atoms with Crippen molar-refractivity contribution in [2.75, 3.05) is 0 Å². The van der Waals surface area contributed by atoms with Gasteiger partial charge < -0.3 is 4.42 Å². The van der Waals surface area contributed by atoms with Gasteiger partial charge in [0.2, 0.25) is 5.24 Å². The molecule has 0 N–H and O–H groups in total. The molecule has 0 saturated carbocycles. The summed E-state index contributed by atoms with van der Waals surface area (Å²) in [4.78, 5) is 11.5. The quantitative estimate of drug-likeness (QED) is 0.761. The molecule has 0 bridgehead atoms. The van der Waals surface area contributed by atoms with Crippen LogP contribution in [-0.2, 0) is 4.79 Å². The van der Waals surface area contributed by atoms with Crippen LogP contribution in [0.1, 0.15) is 36.7 Å². The monoisotopic (exact) mass is 264 g/mol. The molecule has 0 radical (unpaired) electrons. The number of carbonyl (C=O) groups excluding carboxylic acids is 1. The van der Waals surface area contributed by atoms with Gasteiger partial charge in [0.25, 0.3) is 0 Å². The van der Waals surface area contributed by atoms with Crippen LogP contribution >= 0.6 is 11.6 Å². The van der Waals surface area contributed by atoms with E-state index >= 15 is 0 Å². The highest BCUT2D eigenvalue weighted by Gasteiger charge is 2.23. The maximum Gasteiger partial charge on any atom is 0.229 e. The van der Waals surface area contributed by atoms with Crippen LogP contribution in [-0.4, -0.2) is 5.24 Å². The maximum absolute atomic E-state index is 11.5. The fraction of sp³-hybridized carbons (Fsp3) is 0.400. The minimum atomic E-state index is -0.315. The Balaban J connectivity index is 2.55.